The van der Waals surface area contributed by atoms with E-state index in [-0.39, 0.29) is 17.6 Å². The number of aryl methyl sites for hydroxylation is 1. The largest absolute Gasteiger partial charge is 0.370 e. The molecular formula is C13H11ClN6OS2. The first-order valence-corrected chi connectivity index (χ1v) is 8.43. The number of carbonyl (C=O) groups is 1. The number of fused-ring (bicyclic) bond motifs is 1. The number of nitrogens with two attached hydrogens (primary N) is 2. The highest BCUT2D eigenvalue weighted by Crippen LogP contribution is 2.30. The maximum absolute atomic E-state index is 12.2. The fourth-order valence-corrected chi connectivity index (χ4v) is 3.58. The van der Waals surface area contributed by atoms with Gasteiger partial charge in [0.1, 0.15) is 5.69 Å². The molecule has 3 rings (SSSR count). The van der Waals surface area contributed by atoms with Crippen LogP contribution >= 0.6 is 34.3 Å². The SMILES string of the molecule is Cc1cc2sc(NC(=O)c3csc(N=C(N)N)n3)nc2cc1Cl. The molecule has 2 aromatic heterocycles. The molecule has 0 unspecified atom stereocenters. The summed E-state index contributed by atoms with van der Waals surface area (Å²) in [6, 6.07) is 3.71. The average Bonchev–Trinajstić information content (AvgIpc) is 3.05. The van der Waals surface area contributed by atoms with Crippen LogP contribution in [-0.4, -0.2) is 21.8 Å². The van der Waals surface area contributed by atoms with Gasteiger partial charge in [-0.25, -0.2) is 9.97 Å². The lowest BCUT2D eigenvalue weighted by Gasteiger charge is -1.96. The molecule has 3 aromatic rings. The van der Waals surface area contributed by atoms with Crippen molar-refractivity contribution in [2.75, 3.05) is 5.32 Å². The monoisotopic (exact) mass is 366 g/mol. The van der Waals surface area contributed by atoms with E-state index in [9.17, 15) is 4.79 Å². The minimum Gasteiger partial charge on any atom is -0.370 e. The van der Waals surface area contributed by atoms with Gasteiger partial charge in [-0.15, -0.1) is 11.3 Å². The number of benzene rings is 1. The van der Waals surface area contributed by atoms with E-state index in [1.807, 2.05) is 13.0 Å². The summed E-state index contributed by atoms with van der Waals surface area (Å²) in [6.07, 6.45) is 0. The number of aromatic nitrogens is 2. The van der Waals surface area contributed by atoms with E-state index in [2.05, 4.69) is 20.3 Å². The van der Waals surface area contributed by atoms with Gasteiger partial charge in [-0.2, -0.15) is 4.99 Å². The van der Waals surface area contributed by atoms with Crippen molar-refractivity contribution in [1.29, 1.82) is 0 Å². The second kappa shape index (κ2) is 6.11. The van der Waals surface area contributed by atoms with Gasteiger partial charge in [0.15, 0.2) is 11.1 Å². The predicted molar refractivity (Wildman–Crippen MR) is 94.9 cm³/mol. The molecule has 0 atom stereocenters. The van der Waals surface area contributed by atoms with Crippen molar-refractivity contribution in [3.05, 3.63) is 33.8 Å². The molecule has 7 nitrogen and oxygen atoms in total. The van der Waals surface area contributed by atoms with Crippen LogP contribution in [0.15, 0.2) is 22.5 Å². The minimum atomic E-state index is -0.375. The maximum Gasteiger partial charge on any atom is 0.276 e. The molecule has 0 aliphatic rings. The van der Waals surface area contributed by atoms with E-state index in [1.165, 1.54) is 22.7 Å². The van der Waals surface area contributed by atoms with Crippen molar-refractivity contribution in [2.45, 2.75) is 6.92 Å². The first-order chi connectivity index (χ1) is 10.9. The summed E-state index contributed by atoms with van der Waals surface area (Å²) in [4.78, 5) is 24.4. The molecule has 0 aliphatic heterocycles. The third-order valence-electron chi connectivity index (χ3n) is 2.84. The molecule has 23 heavy (non-hydrogen) atoms. The van der Waals surface area contributed by atoms with Crippen LogP contribution in [0.2, 0.25) is 5.02 Å². The number of aliphatic imine (C=N–C) groups is 1. The topological polar surface area (TPSA) is 119 Å². The lowest BCUT2D eigenvalue weighted by atomic mass is 10.2. The molecule has 0 saturated carbocycles. The second-order valence-electron chi connectivity index (χ2n) is 4.59. The zero-order chi connectivity index (χ0) is 16.6. The molecule has 118 valence electrons. The number of guanidine groups is 1. The highest BCUT2D eigenvalue weighted by Gasteiger charge is 2.14. The number of amides is 1. The van der Waals surface area contributed by atoms with Gasteiger partial charge in [0.25, 0.3) is 5.91 Å². The molecule has 0 aliphatic carbocycles. The van der Waals surface area contributed by atoms with E-state index in [0.29, 0.717) is 15.3 Å². The summed E-state index contributed by atoms with van der Waals surface area (Å²) in [5.41, 5.74) is 12.5. The molecule has 1 aromatic carbocycles. The molecule has 5 N–H and O–H groups in total. The van der Waals surface area contributed by atoms with Gasteiger partial charge in [-0.05, 0) is 24.6 Å². The number of halogens is 1. The van der Waals surface area contributed by atoms with E-state index in [1.54, 1.807) is 11.4 Å². The van der Waals surface area contributed by atoms with Crippen LogP contribution in [0.4, 0.5) is 10.3 Å². The van der Waals surface area contributed by atoms with Gasteiger partial charge in [-0.1, -0.05) is 22.9 Å². The Morgan fingerprint density at radius 1 is 1.35 bits per heavy atom. The molecule has 0 saturated heterocycles. The number of thiazole rings is 2. The number of hydrogen-bond acceptors (Lipinski definition) is 6. The Bertz CT molecular complexity index is 889. The van der Waals surface area contributed by atoms with Crippen LogP contribution in [0.1, 0.15) is 16.1 Å². The minimum absolute atomic E-state index is 0.107. The van der Waals surface area contributed by atoms with Crippen LogP contribution in [0.25, 0.3) is 10.2 Å². The zero-order valence-electron chi connectivity index (χ0n) is 11.8. The van der Waals surface area contributed by atoms with E-state index in [4.69, 9.17) is 23.1 Å². The zero-order valence-corrected chi connectivity index (χ0v) is 14.2. The number of rotatable bonds is 3. The quantitative estimate of drug-likeness (QED) is 0.486. The van der Waals surface area contributed by atoms with Crippen molar-refractivity contribution in [3.63, 3.8) is 0 Å². The first kappa shape index (κ1) is 15.7. The molecule has 0 fully saturated rings. The Hall–Kier alpha value is -2.23. The average molecular weight is 367 g/mol. The van der Waals surface area contributed by atoms with Crippen LogP contribution in [0.3, 0.4) is 0 Å². The number of nitrogens with zero attached hydrogens (tertiary/aromatic N) is 3. The van der Waals surface area contributed by atoms with E-state index < -0.39 is 0 Å². The number of anilines is 1. The summed E-state index contributed by atoms with van der Waals surface area (Å²) in [7, 11) is 0. The Morgan fingerprint density at radius 3 is 2.87 bits per heavy atom. The molecule has 0 bridgehead atoms. The van der Waals surface area contributed by atoms with Crippen molar-refractivity contribution in [2.24, 2.45) is 16.5 Å². The Kier molecular flexibility index (Phi) is 4.16. The maximum atomic E-state index is 12.2. The lowest BCUT2D eigenvalue weighted by Crippen LogP contribution is -2.21. The molecule has 2 heterocycles. The standard InChI is InChI=1S/C13H11ClN6OS2/c1-5-2-9-7(3-6(5)14)17-13(23-9)19-10(21)8-4-22-12(18-8)20-11(15)16/h2-4H,1H3,(H,17,19,21)(H4,15,16,18,20). The van der Waals surface area contributed by atoms with Crippen molar-refractivity contribution in [3.8, 4) is 0 Å². The van der Waals surface area contributed by atoms with Gasteiger partial charge >= 0.3 is 0 Å². The van der Waals surface area contributed by atoms with Crippen LogP contribution in [-0.2, 0) is 0 Å². The summed E-state index contributed by atoms with van der Waals surface area (Å²) in [5, 5.41) is 5.72. The predicted octanol–water partition coefficient (Wildman–Crippen LogP) is 2.87. The highest BCUT2D eigenvalue weighted by molar-refractivity contribution is 7.22. The fourth-order valence-electron chi connectivity index (χ4n) is 1.79. The summed E-state index contributed by atoms with van der Waals surface area (Å²) in [5.74, 6) is -0.482. The van der Waals surface area contributed by atoms with Gasteiger partial charge in [0.2, 0.25) is 5.13 Å². The van der Waals surface area contributed by atoms with Crippen molar-refractivity contribution < 1.29 is 4.79 Å². The van der Waals surface area contributed by atoms with Crippen molar-refractivity contribution >= 4 is 66.6 Å². The Morgan fingerprint density at radius 2 is 2.13 bits per heavy atom. The van der Waals surface area contributed by atoms with Gasteiger partial charge < -0.3 is 11.5 Å². The Balaban J connectivity index is 1.82. The van der Waals surface area contributed by atoms with Crippen LogP contribution in [0.5, 0.6) is 0 Å². The van der Waals surface area contributed by atoms with E-state index >= 15 is 0 Å². The summed E-state index contributed by atoms with van der Waals surface area (Å²) < 4.78 is 0.946. The van der Waals surface area contributed by atoms with Crippen molar-refractivity contribution in [1.82, 2.24) is 9.97 Å². The molecule has 0 radical (unpaired) electrons. The number of hydrogen-bond donors (Lipinski definition) is 3. The molecule has 0 spiro atoms. The summed E-state index contributed by atoms with van der Waals surface area (Å²) in [6.45, 7) is 1.92. The fraction of sp³-hybridized carbons (Fsp3) is 0.0769. The molecular weight excluding hydrogens is 356 g/mol. The van der Waals surface area contributed by atoms with Crippen LogP contribution < -0.4 is 16.8 Å². The van der Waals surface area contributed by atoms with E-state index in [0.717, 1.165) is 15.8 Å². The number of carbonyl (C=O) groups excluding carboxylic acids is 1. The normalized spacial score (nSPS) is 10.7. The van der Waals surface area contributed by atoms with Gasteiger partial charge in [-0.3, -0.25) is 10.1 Å². The summed E-state index contributed by atoms with van der Waals surface area (Å²) >= 11 is 8.62. The second-order valence-corrected chi connectivity index (χ2v) is 6.87. The highest BCUT2D eigenvalue weighted by atomic mass is 35.5. The van der Waals surface area contributed by atoms with Gasteiger partial charge in [0.05, 0.1) is 10.2 Å². The first-order valence-electron chi connectivity index (χ1n) is 6.35. The lowest BCUT2D eigenvalue weighted by molar-refractivity contribution is 0.102. The molecule has 10 heteroatoms. The van der Waals surface area contributed by atoms with Gasteiger partial charge in [0, 0.05) is 10.4 Å². The smallest absolute Gasteiger partial charge is 0.276 e. The third kappa shape index (κ3) is 3.41. The third-order valence-corrected chi connectivity index (χ3v) is 4.91. The van der Waals surface area contributed by atoms with Crippen LogP contribution in [0, 0.1) is 6.92 Å². The molecule has 1 amide bonds. The Labute approximate surface area is 144 Å². The number of nitrogens with one attached hydrogen (secondary N) is 1.